The molecule has 0 bridgehead atoms. The largest absolute Gasteiger partial charge is 0.370 e. The SMILES string of the molecule is CC1COC(c2ccccc2)CN1C(=O)CCc1ncc[nH]1. The highest BCUT2D eigenvalue weighted by Crippen LogP contribution is 2.25. The van der Waals surface area contributed by atoms with E-state index in [1.807, 2.05) is 42.2 Å². The van der Waals surface area contributed by atoms with Crippen molar-refractivity contribution in [2.45, 2.75) is 31.9 Å². The molecule has 2 aromatic rings. The van der Waals surface area contributed by atoms with E-state index in [4.69, 9.17) is 4.74 Å². The van der Waals surface area contributed by atoms with Crippen LogP contribution in [-0.2, 0) is 16.0 Å². The first-order chi connectivity index (χ1) is 10.7. The van der Waals surface area contributed by atoms with E-state index < -0.39 is 0 Å². The number of nitrogens with zero attached hydrogens (tertiary/aromatic N) is 2. The van der Waals surface area contributed by atoms with Gasteiger partial charge in [-0.25, -0.2) is 4.98 Å². The number of ether oxygens (including phenoxy) is 1. The van der Waals surface area contributed by atoms with E-state index in [1.165, 1.54) is 0 Å². The summed E-state index contributed by atoms with van der Waals surface area (Å²) in [6, 6.07) is 10.2. The minimum Gasteiger partial charge on any atom is -0.370 e. The minimum atomic E-state index is -0.0371. The van der Waals surface area contributed by atoms with E-state index >= 15 is 0 Å². The van der Waals surface area contributed by atoms with Gasteiger partial charge in [-0.05, 0) is 12.5 Å². The number of aromatic nitrogens is 2. The maximum atomic E-state index is 12.5. The first-order valence-corrected chi connectivity index (χ1v) is 7.68. The molecular weight excluding hydrogens is 278 g/mol. The third-order valence-corrected chi connectivity index (χ3v) is 4.06. The second kappa shape index (κ2) is 6.75. The van der Waals surface area contributed by atoms with E-state index in [9.17, 15) is 4.79 Å². The molecule has 0 aliphatic carbocycles. The van der Waals surface area contributed by atoms with Gasteiger partial charge in [-0.1, -0.05) is 30.3 Å². The van der Waals surface area contributed by atoms with Crippen LogP contribution in [0, 0.1) is 0 Å². The molecule has 3 rings (SSSR count). The number of amides is 1. The summed E-state index contributed by atoms with van der Waals surface area (Å²) in [5, 5.41) is 0. The highest BCUT2D eigenvalue weighted by molar-refractivity contribution is 5.76. The zero-order valence-electron chi connectivity index (χ0n) is 12.7. The molecule has 0 saturated carbocycles. The zero-order chi connectivity index (χ0) is 15.4. The van der Waals surface area contributed by atoms with Gasteiger partial charge >= 0.3 is 0 Å². The number of imidazole rings is 1. The van der Waals surface area contributed by atoms with Gasteiger partial charge in [-0.2, -0.15) is 0 Å². The summed E-state index contributed by atoms with van der Waals surface area (Å²) in [5.74, 6) is 1.02. The molecule has 2 unspecified atom stereocenters. The molecule has 5 heteroatoms. The van der Waals surface area contributed by atoms with Gasteiger partial charge in [0, 0.05) is 25.2 Å². The van der Waals surface area contributed by atoms with Crippen LogP contribution in [0.15, 0.2) is 42.7 Å². The summed E-state index contributed by atoms with van der Waals surface area (Å²) >= 11 is 0. The summed E-state index contributed by atoms with van der Waals surface area (Å²) in [5.41, 5.74) is 1.12. The third-order valence-electron chi connectivity index (χ3n) is 4.06. The zero-order valence-corrected chi connectivity index (χ0v) is 12.7. The average molecular weight is 299 g/mol. The highest BCUT2D eigenvalue weighted by Gasteiger charge is 2.30. The van der Waals surface area contributed by atoms with Gasteiger partial charge in [0.25, 0.3) is 0 Å². The number of benzene rings is 1. The molecule has 116 valence electrons. The van der Waals surface area contributed by atoms with Crippen LogP contribution in [0.4, 0.5) is 0 Å². The van der Waals surface area contributed by atoms with Crippen LogP contribution in [0.3, 0.4) is 0 Å². The number of hydrogen-bond donors (Lipinski definition) is 1. The van der Waals surface area contributed by atoms with Gasteiger partial charge in [0.15, 0.2) is 0 Å². The monoisotopic (exact) mass is 299 g/mol. The quantitative estimate of drug-likeness (QED) is 0.942. The Hall–Kier alpha value is -2.14. The number of aryl methyl sites for hydroxylation is 1. The molecule has 1 aliphatic rings. The topological polar surface area (TPSA) is 58.2 Å². The van der Waals surface area contributed by atoms with Crippen molar-refractivity contribution in [2.75, 3.05) is 13.2 Å². The Kier molecular flexibility index (Phi) is 4.53. The maximum Gasteiger partial charge on any atom is 0.223 e. The Morgan fingerprint density at radius 2 is 2.23 bits per heavy atom. The summed E-state index contributed by atoms with van der Waals surface area (Å²) in [6.07, 6.45) is 4.57. The second-order valence-corrected chi connectivity index (χ2v) is 5.66. The van der Waals surface area contributed by atoms with E-state index in [1.54, 1.807) is 12.4 Å². The molecule has 1 aliphatic heterocycles. The summed E-state index contributed by atoms with van der Waals surface area (Å²) in [4.78, 5) is 21.6. The lowest BCUT2D eigenvalue weighted by molar-refractivity contribution is -0.144. The van der Waals surface area contributed by atoms with Crippen LogP contribution >= 0.6 is 0 Å². The summed E-state index contributed by atoms with van der Waals surface area (Å²) < 4.78 is 5.89. The minimum absolute atomic E-state index is 0.0371. The predicted molar refractivity (Wildman–Crippen MR) is 83.2 cm³/mol. The standard InChI is InChI=1S/C17H21N3O2/c1-13-12-22-15(14-5-3-2-4-6-14)11-20(13)17(21)8-7-16-18-9-10-19-16/h2-6,9-10,13,15H,7-8,11-12H2,1H3,(H,18,19). The number of carbonyl (C=O) groups excluding carboxylic acids is 1. The van der Waals surface area contributed by atoms with Crippen molar-refractivity contribution < 1.29 is 9.53 Å². The first kappa shape index (κ1) is 14.8. The Labute approximate surface area is 130 Å². The fraction of sp³-hybridized carbons (Fsp3) is 0.412. The van der Waals surface area contributed by atoms with Crippen molar-refractivity contribution in [3.05, 3.63) is 54.1 Å². The van der Waals surface area contributed by atoms with Crippen LogP contribution in [0.2, 0.25) is 0 Å². The molecule has 1 amide bonds. The lowest BCUT2D eigenvalue weighted by Crippen LogP contribution is -2.48. The van der Waals surface area contributed by atoms with E-state index in [-0.39, 0.29) is 18.1 Å². The van der Waals surface area contributed by atoms with Crippen molar-refractivity contribution in [2.24, 2.45) is 0 Å². The number of hydrogen-bond acceptors (Lipinski definition) is 3. The molecule has 0 radical (unpaired) electrons. The number of morpholine rings is 1. The molecule has 1 saturated heterocycles. The van der Waals surface area contributed by atoms with Crippen LogP contribution in [0.1, 0.15) is 30.8 Å². The second-order valence-electron chi connectivity index (χ2n) is 5.66. The van der Waals surface area contributed by atoms with Crippen molar-refractivity contribution in [1.29, 1.82) is 0 Å². The molecular formula is C17H21N3O2. The smallest absolute Gasteiger partial charge is 0.223 e. The van der Waals surface area contributed by atoms with E-state index in [2.05, 4.69) is 9.97 Å². The fourth-order valence-corrected chi connectivity index (χ4v) is 2.78. The van der Waals surface area contributed by atoms with Crippen molar-refractivity contribution >= 4 is 5.91 Å². The molecule has 2 heterocycles. The number of rotatable bonds is 4. The lowest BCUT2D eigenvalue weighted by atomic mass is 10.1. The first-order valence-electron chi connectivity index (χ1n) is 7.68. The van der Waals surface area contributed by atoms with Gasteiger partial charge in [-0.15, -0.1) is 0 Å². The summed E-state index contributed by atoms with van der Waals surface area (Å²) in [7, 11) is 0. The Bertz CT molecular complexity index is 598. The average Bonchev–Trinajstić information content (AvgIpc) is 3.07. The highest BCUT2D eigenvalue weighted by atomic mass is 16.5. The number of aromatic amines is 1. The van der Waals surface area contributed by atoms with Crippen LogP contribution < -0.4 is 0 Å². The number of nitrogens with one attached hydrogen (secondary N) is 1. The van der Waals surface area contributed by atoms with E-state index in [0.29, 0.717) is 26.0 Å². The van der Waals surface area contributed by atoms with Gasteiger partial charge in [-0.3, -0.25) is 4.79 Å². The lowest BCUT2D eigenvalue weighted by Gasteiger charge is -2.38. The predicted octanol–water partition coefficient (Wildman–Crippen LogP) is 2.33. The molecule has 22 heavy (non-hydrogen) atoms. The van der Waals surface area contributed by atoms with Crippen LogP contribution in [-0.4, -0.2) is 40.0 Å². The van der Waals surface area contributed by atoms with Gasteiger partial charge in [0.2, 0.25) is 5.91 Å². The molecule has 1 N–H and O–H groups in total. The third kappa shape index (κ3) is 3.36. The maximum absolute atomic E-state index is 12.5. The van der Waals surface area contributed by atoms with Crippen molar-refractivity contribution in [3.63, 3.8) is 0 Å². The normalized spacial score (nSPS) is 21.8. The Morgan fingerprint density at radius 1 is 1.41 bits per heavy atom. The van der Waals surface area contributed by atoms with Gasteiger partial charge in [0.05, 0.1) is 19.2 Å². The van der Waals surface area contributed by atoms with Crippen molar-refractivity contribution in [1.82, 2.24) is 14.9 Å². The summed E-state index contributed by atoms with van der Waals surface area (Å²) in [6.45, 7) is 3.22. The Balaban J connectivity index is 1.62. The molecule has 1 fully saturated rings. The van der Waals surface area contributed by atoms with Crippen molar-refractivity contribution in [3.8, 4) is 0 Å². The number of H-pyrrole nitrogens is 1. The molecule has 1 aromatic heterocycles. The van der Waals surface area contributed by atoms with Gasteiger partial charge in [0.1, 0.15) is 11.9 Å². The molecule has 5 nitrogen and oxygen atoms in total. The Morgan fingerprint density at radius 3 is 2.95 bits per heavy atom. The molecule has 0 spiro atoms. The van der Waals surface area contributed by atoms with Crippen LogP contribution in [0.5, 0.6) is 0 Å². The molecule has 2 atom stereocenters. The fourth-order valence-electron chi connectivity index (χ4n) is 2.78. The number of carbonyl (C=O) groups is 1. The van der Waals surface area contributed by atoms with Gasteiger partial charge < -0.3 is 14.6 Å². The van der Waals surface area contributed by atoms with E-state index in [0.717, 1.165) is 11.4 Å². The van der Waals surface area contributed by atoms with Crippen LogP contribution in [0.25, 0.3) is 0 Å². The molecule has 1 aromatic carbocycles.